The molecule has 1 heterocycles. The van der Waals surface area contributed by atoms with E-state index in [9.17, 15) is 14.4 Å². The molecular formula is C17H29N3O3. The summed E-state index contributed by atoms with van der Waals surface area (Å²) < 4.78 is 0. The third-order valence-electron chi connectivity index (χ3n) is 4.84. The highest BCUT2D eigenvalue weighted by molar-refractivity contribution is 6.08. The van der Waals surface area contributed by atoms with Crippen molar-refractivity contribution in [3.8, 4) is 0 Å². The Kier molecular flexibility index (Phi) is 5.65. The standard InChI is InChI=1S/C17H29N3O3/c1-12(2)9-10-17(3)15(22)20(16(23)19-17)11-14(21)18-13-7-5-4-6-8-13/h12-13H,4-11H2,1-3H3,(H,18,21)(H,19,23). The summed E-state index contributed by atoms with van der Waals surface area (Å²) in [5, 5.41) is 5.70. The normalized spacial score (nSPS) is 25.8. The zero-order chi connectivity index (χ0) is 17.0. The summed E-state index contributed by atoms with van der Waals surface area (Å²) in [6.45, 7) is 5.73. The number of hydrogen-bond acceptors (Lipinski definition) is 3. The van der Waals surface area contributed by atoms with E-state index in [4.69, 9.17) is 0 Å². The van der Waals surface area contributed by atoms with E-state index in [2.05, 4.69) is 24.5 Å². The molecule has 2 aliphatic rings. The van der Waals surface area contributed by atoms with Gasteiger partial charge in [0, 0.05) is 6.04 Å². The van der Waals surface area contributed by atoms with Gasteiger partial charge in [0.1, 0.15) is 12.1 Å². The molecule has 1 saturated heterocycles. The van der Waals surface area contributed by atoms with E-state index in [-0.39, 0.29) is 24.4 Å². The molecule has 0 radical (unpaired) electrons. The van der Waals surface area contributed by atoms with E-state index >= 15 is 0 Å². The summed E-state index contributed by atoms with van der Waals surface area (Å²) in [6, 6.07) is -0.274. The van der Waals surface area contributed by atoms with Crippen LogP contribution in [0.25, 0.3) is 0 Å². The molecule has 130 valence electrons. The van der Waals surface area contributed by atoms with Gasteiger partial charge in [0.25, 0.3) is 5.91 Å². The van der Waals surface area contributed by atoms with Gasteiger partial charge in [-0.2, -0.15) is 0 Å². The molecule has 6 nitrogen and oxygen atoms in total. The molecule has 2 fully saturated rings. The molecule has 1 aliphatic heterocycles. The van der Waals surface area contributed by atoms with Crippen LogP contribution < -0.4 is 10.6 Å². The number of urea groups is 1. The maximum absolute atomic E-state index is 12.5. The first kappa shape index (κ1) is 17.8. The first-order valence-corrected chi connectivity index (χ1v) is 8.75. The van der Waals surface area contributed by atoms with Gasteiger partial charge >= 0.3 is 6.03 Å². The number of rotatable bonds is 6. The van der Waals surface area contributed by atoms with Crippen LogP contribution in [-0.4, -0.2) is 40.9 Å². The highest BCUT2D eigenvalue weighted by Crippen LogP contribution is 2.24. The molecule has 23 heavy (non-hydrogen) atoms. The lowest BCUT2D eigenvalue weighted by atomic mass is 9.92. The average Bonchev–Trinajstić information content (AvgIpc) is 2.70. The maximum atomic E-state index is 12.5. The monoisotopic (exact) mass is 323 g/mol. The van der Waals surface area contributed by atoms with Crippen molar-refractivity contribution < 1.29 is 14.4 Å². The third kappa shape index (κ3) is 4.45. The van der Waals surface area contributed by atoms with Crippen LogP contribution >= 0.6 is 0 Å². The fourth-order valence-corrected chi connectivity index (χ4v) is 3.30. The van der Waals surface area contributed by atoms with Crippen molar-refractivity contribution in [3.63, 3.8) is 0 Å². The first-order chi connectivity index (χ1) is 10.8. The minimum absolute atomic E-state index is 0.182. The van der Waals surface area contributed by atoms with Crippen molar-refractivity contribution in [3.05, 3.63) is 0 Å². The number of carbonyl (C=O) groups is 3. The lowest BCUT2D eigenvalue weighted by molar-refractivity contribution is -0.135. The topological polar surface area (TPSA) is 78.5 Å². The average molecular weight is 323 g/mol. The molecule has 1 saturated carbocycles. The van der Waals surface area contributed by atoms with Crippen LogP contribution in [-0.2, 0) is 9.59 Å². The van der Waals surface area contributed by atoms with Crippen molar-refractivity contribution in [2.24, 2.45) is 5.92 Å². The van der Waals surface area contributed by atoms with E-state index in [1.165, 1.54) is 6.42 Å². The number of amides is 4. The molecule has 1 atom stereocenters. The zero-order valence-corrected chi connectivity index (χ0v) is 14.5. The molecule has 0 aromatic heterocycles. The Morgan fingerprint density at radius 3 is 2.57 bits per heavy atom. The van der Waals surface area contributed by atoms with Crippen LogP contribution in [0.3, 0.4) is 0 Å². The molecule has 0 aromatic rings. The van der Waals surface area contributed by atoms with Crippen LogP contribution in [0, 0.1) is 5.92 Å². The van der Waals surface area contributed by atoms with Crippen LogP contribution in [0.5, 0.6) is 0 Å². The highest BCUT2D eigenvalue weighted by Gasteiger charge is 2.47. The van der Waals surface area contributed by atoms with Crippen LogP contribution in [0.4, 0.5) is 4.79 Å². The maximum Gasteiger partial charge on any atom is 0.325 e. The fraction of sp³-hybridized carbons (Fsp3) is 0.824. The van der Waals surface area contributed by atoms with Gasteiger partial charge in [0.05, 0.1) is 0 Å². The molecule has 0 spiro atoms. The van der Waals surface area contributed by atoms with E-state index in [1.807, 2.05) is 0 Å². The lowest BCUT2D eigenvalue weighted by Crippen LogP contribution is -2.46. The summed E-state index contributed by atoms with van der Waals surface area (Å²) in [5.74, 6) is -0.0735. The quantitative estimate of drug-likeness (QED) is 0.735. The molecular weight excluding hydrogens is 294 g/mol. The second-order valence-corrected chi connectivity index (χ2v) is 7.49. The number of carbonyl (C=O) groups excluding carboxylic acids is 3. The van der Waals surface area contributed by atoms with Gasteiger partial charge in [-0.15, -0.1) is 0 Å². The second-order valence-electron chi connectivity index (χ2n) is 7.49. The Morgan fingerprint density at radius 2 is 1.96 bits per heavy atom. The Labute approximate surface area is 138 Å². The highest BCUT2D eigenvalue weighted by atomic mass is 16.2. The van der Waals surface area contributed by atoms with Crippen molar-refractivity contribution in [2.45, 2.75) is 77.3 Å². The number of hydrogen-bond donors (Lipinski definition) is 2. The second kappa shape index (κ2) is 7.32. The van der Waals surface area contributed by atoms with Gasteiger partial charge < -0.3 is 10.6 Å². The van der Waals surface area contributed by atoms with E-state index in [0.717, 1.165) is 37.0 Å². The summed E-state index contributed by atoms with van der Waals surface area (Å²) in [7, 11) is 0. The molecule has 6 heteroatoms. The first-order valence-electron chi connectivity index (χ1n) is 8.75. The van der Waals surface area contributed by atoms with E-state index in [0.29, 0.717) is 12.3 Å². The SMILES string of the molecule is CC(C)CCC1(C)NC(=O)N(CC(=O)NC2CCCCC2)C1=O. The Balaban J connectivity index is 1.90. The molecule has 1 unspecified atom stereocenters. The molecule has 0 aromatic carbocycles. The van der Waals surface area contributed by atoms with Gasteiger partial charge in [-0.1, -0.05) is 33.1 Å². The van der Waals surface area contributed by atoms with Crippen molar-refractivity contribution in [1.82, 2.24) is 15.5 Å². The minimum atomic E-state index is -0.882. The lowest BCUT2D eigenvalue weighted by Gasteiger charge is -2.24. The number of nitrogens with one attached hydrogen (secondary N) is 2. The van der Waals surface area contributed by atoms with Crippen LogP contribution in [0.1, 0.15) is 65.7 Å². The Bertz CT molecular complexity index is 472. The van der Waals surface area contributed by atoms with Crippen molar-refractivity contribution in [1.29, 1.82) is 0 Å². The molecule has 2 rings (SSSR count). The summed E-state index contributed by atoms with van der Waals surface area (Å²) >= 11 is 0. The fourth-order valence-electron chi connectivity index (χ4n) is 3.30. The number of imide groups is 1. The van der Waals surface area contributed by atoms with Crippen molar-refractivity contribution >= 4 is 17.8 Å². The van der Waals surface area contributed by atoms with Gasteiger partial charge in [-0.3, -0.25) is 14.5 Å². The number of nitrogens with zero attached hydrogens (tertiary/aromatic N) is 1. The minimum Gasteiger partial charge on any atom is -0.352 e. The molecule has 0 bridgehead atoms. The smallest absolute Gasteiger partial charge is 0.325 e. The van der Waals surface area contributed by atoms with Crippen LogP contribution in [0.15, 0.2) is 0 Å². The van der Waals surface area contributed by atoms with Gasteiger partial charge in [0.2, 0.25) is 5.91 Å². The van der Waals surface area contributed by atoms with Gasteiger partial charge in [0.15, 0.2) is 0 Å². The third-order valence-corrected chi connectivity index (χ3v) is 4.84. The van der Waals surface area contributed by atoms with Gasteiger partial charge in [-0.25, -0.2) is 4.79 Å². The Morgan fingerprint density at radius 1 is 1.30 bits per heavy atom. The summed E-state index contributed by atoms with van der Waals surface area (Å²) in [6.07, 6.45) is 6.88. The summed E-state index contributed by atoms with van der Waals surface area (Å²) in [5.41, 5.74) is -0.882. The molecule has 4 amide bonds. The van der Waals surface area contributed by atoms with Crippen LogP contribution in [0.2, 0.25) is 0 Å². The molecule has 2 N–H and O–H groups in total. The largest absolute Gasteiger partial charge is 0.352 e. The molecule has 1 aliphatic carbocycles. The Hall–Kier alpha value is -1.59. The predicted octanol–water partition coefficient (Wildman–Crippen LogP) is 2.18. The van der Waals surface area contributed by atoms with Gasteiger partial charge in [-0.05, 0) is 38.5 Å². The summed E-state index contributed by atoms with van der Waals surface area (Å²) in [4.78, 5) is 37.8. The van der Waals surface area contributed by atoms with E-state index < -0.39 is 11.6 Å². The zero-order valence-electron chi connectivity index (χ0n) is 14.5. The van der Waals surface area contributed by atoms with Crippen molar-refractivity contribution in [2.75, 3.05) is 6.54 Å². The predicted molar refractivity (Wildman–Crippen MR) is 87.7 cm³/mol. The van der Waals surface area contributed by atoms with E-state index in [1.54, 1.807) is 6.92 Å².